The number of carbonyl (C=O) groups is 1. The lowest BCUT2D eigenvalue weighted by Crippen LogP contribution is -2.14. The minimum atomic E-state index is -0.560. The molecule has 5 heteroatoms. The van der Waals surface area contributed by atoms with Crippen molar-refractivity contribution in [3.8, 4) is 0 Å². The number of aliphatic hydroxyl groups excluding tert-OH is 3. The highest BCUT2D eigenvalue weighted by atomic mass is 16.5. The molecule has 3 N–H and O–H groups in total. The Balaban J connectivity index is 0. The lowest BCUT2D eigenvalue weighted by atomic mass is 10.0. The van der Waals surface area contributed by atoms with Crippen LogP contribution >= 0.6 is 0 Å². The van der Waals surface area contributed by atoms with Crippen molar-refractivity contribution in [2.75, 3.05) is 13.2 Å². The summed E-state index contributed by atoms with van der Waals surface area (Å²) in [5.41, 5.74) is 0. The number of rotatable bonds is 19. The fourth-order valence-electron chi connectivity index (χ4n) is 2.93. The normalized spacial score (nSPS) is 12.8. The molecule has 2 atom stereocenters. The van der Waals surface area contributed by atoms with Gasteiger partial charge in [-0.2, -0.15) is 0 Å². The van der Waals surface area contributed by atoms with Crippen molar-refractivity contribution in [2.45, 2.75) is 136 Å². The van der Waals surface area contributed by atoms with E-state index in [-0.39, 0.29) is 19.2 Å². The summed E-state index contributed by atoms with van der Waals surface area (Å²) in [7, 11) is 0. The van der Waals surface area contributed by atoms with Crippen molar-refractivity contribution in [2.24, 2.45) is 0 Å². The second-order valence-electron chi connectivity index (χ2n) is 8.26. The molecule has 2 unspecified atom stereocenters. The van der Waals surface area contributed by atoms with Crippen molar-refractivity contribution >= 4 is 5.97 Å². The van der Waals surface area contributed by atoms with Crippen LogP contribution in [0.15, 0.2) is 0 Å². The first-order valence-corrected chi connectivity index (χ1v) is 12.1. The molecule has 0 aromatic rings. The predicted octanol–water partition coefficient (Wildman–Crippen LogP) is 5.53. The highest BCUT2D eigenvalue weighted by molar-refractivity contribution is 5.69. The molecule has 5 nitrogen and oxygen atoms in total. The van der Waals surface area contributed by atoms with E-state index in [9.17, 15) is 4.79 Å². The lowest BCUT2D eigenvalue weighted by Gasteiger charge is -2.06. The van der Waals surface area contributed by atoms with Gasteiger partial charge < -0.3 is 20.1 Å². The molecule has 0 aliphatic heterocycles. The van der Waals surface area contributed by atoms with Gasteiger partial charge >= 0.3 is 5.97 Å². The second-order valence-corrected chi connectivity index (χ2v) is 8.26. The largest absolute Gasteiger partial charge is 0.463 e. The molecule has 0 heterocycles. The van der Waals surface area contributed by atoms with Crippen LogP contribution in [0.3, 0.4) is 0 Å². The Morgan fingerprint density at radius 1 is 0.690 bits per heavy atom. The summed E-state index contributed by atoms with van der Waals surface area (Å²) in [5, 5.41) is 25.0. The topological polar surface area (TPSA) is 87.0 Å². The van der Waals surface area contributed by atoms with Gasteiger partial charge in [-0.15, -0.1) is 0 Å². The number of esters is 1. The molecule has 0 rings (SSSR count). The van der Waals surface area contributed by atoms with E-state index in [0.717, 1.165) is 12.8 Å². The molecule has 0 aliphatic carbocycles. The molecule has 0 bridgehead atoms. The average Bonchev–Trinajstić information content (AvgIpc) is 2.69. The molecule has 0 radical (unpaired) electrons. The first kappa shape index (κ1) is 30.5. The highest BCUT2D eigenvalue weighted by Crippen LogP contribution is 2.13. The third-order valence-corrected chi connectivity index (χ3v) is 4.73. The monoisotopic (exact) mass is 418 g/mol. The van der Waals surface area contributed by atoms with Crippen LogP contribution in [0.4, 0.5) is 0 Å². The Bertz CT molecular complexity index is 318. The summed E-state index contributed by atoms with van der Waals surface area (Å²) >= 11 is 0. The fourth-order valence-corrected chi connectivity index (χ4v) is 2.93. The molecular weight excluding hydrogens is 368 g/mol. The molecule has 29 heavy (non-hydrogen) atoms. The summed E-state index contributed by atoms with van der Waals surface area (Å²) in [6.07, 6.45) is 19.3. The zero-order valence-electron chi connectivity index (χ0n) is 19.5. The van der Waals surface area contributed by atoms with Crippen LogP contribution in [0.5, 0.6) is 0 Å². The molecule has 0 saturated heterocycles. The van der Waals surface area contributed by atoms with Gasteiger partial charge in [0, 0.05) is 6.42 Å². The number of carbonyl (C=O) groups excluding carboxylic acids is 1. The molecular formula is C24H50O5. The van der Waals surface area contributed by atoms with E-state index < -0.39 is 12.2 Å². The van der Waals surface area contributed by atoms with E-state index >= 15 is 0 Å². The lowest BCUT2D eigenvalue weighted by molar-refractivity contribution is -0.146. The van der Waals surface area contributed by atoms with Crippen molar-refractivity contribution in [3.63, 3.8) is 0 Å². The van der Waals surface area contributed by atoms with E-state index in [4.69, 9.17) is 20.1 Å². The van der Waals surface area contributed by atoms with Gasteiger partial charge in [0.1, 0.15) is 6.61 Å². The van der Waals surface area contributed by atoms with Gasteiger partial charge in [-0.1, -0.05) is 96.8 Å². The average molecular weight is 419 g/mol. The van der Waals surface area contributed by atoms with Crippen LogP contribution < -0.4 is 0 Å². The third-order valence-electron chi connectivity index (χ3n) is 4.73. The SMILES string of the molecule is CC(O)CO.CCCCCCCCCCCCCCCCCC(=O)OCC(C)O. The van der Waals surface area contributed by atoms with E-state index in [1.165, 1.54) is 90.4 Å². The van der Waals surface area contributed by atoms with Crippen molar-refractivity contribution < 1.29 is 24.9 Å². The summed E-state index contributed by atoms with van der Waals surface area (Å²) < 4.78 is 4.93. The predicted molar refractivity (Wildman–Crippen MR) is 121 cm³/mol. The molecule has 0 aromatic heterocycles. The van der Waals surface area contributed by atoms with Gasteiger partial charge in [0.05, 0.1) is 18.8 Å². The molecule has 0 aliphatic rings. The maximum absolute atomic E-state index is 11.3. The highest BCUT2D eigenvalue weighted by Gasteiger charge is 2.04. The first-order chi connectivity index (χ1) is 13.9. The number of aliphatic hydroxyl groups is 3. The molecule has 0 spiro atoms. The standard InChI is InChI=1S/C21H42O3.C3H8O2/c1-3-4-5-6-7-8-9-10-11-12-13-14-15-16-17-18-21(23)24-19-20(2)22;1-3(5)2-4/h20,22H,3-19H2,1-2H3;3-5H,2H2,1H3. The Kier molecular flexibility index (Phi) is 26.7. The van der Waals surface area contributed by atoms with Gasteiger partial charge in [0.25, 0.3) is 0 Å². The zero-order valence-corrected chi connectivity index (χ0v) is 19.5. The molecule has 0 amide bonds. The Morgan fingerprint density at radius 3 is 1.34 bits per heavy atom. The second kappa shape index (κ2) is 25.4. The van der Waals surface area contributed by atoms with Gasteiger partial charge in [0.15, 0.2) is 0 Å². The Morgan fingerprint density at radius 2 is 1.03 bits per heavy atom. The van der Waals surface area contributed by atoms with Crippen LogP contribution in [0.1, 0.15) is 124 Å². The van der Waals surface area contributed by atoms with Crippen molar-refractivity contribution in [1.29, 1.82) is 0 Å². The first-order valence-electron chi connectivity index (χ1n) is 12.1. The quantitative estimate of drug-likeness (QED) is 0.190. The van der Waals surface area contributed by atoms with Crippen molar-refractivity contribution in [1.82, 2.24) is 0 Å². The molecule has 0 fully saturated rings. The molecule has 176 valence electrons. The maximum Gasteiger partial charge on any atom is 0.305 e. The van der Waals surface area contributed by atoms with Crippen LogP contribution in [-0.4, -0.2) is 46.7 Å². The van der Waals surface area contributed by atoms with Crippen LogP contribution in [0.2, 0.25) is 0 Å². The fraction of sp³-hybridized carbons (Fsp3) is 0.958. The van der Waals surface area contributed by atoms with Gasteiger partial charge in [-0.05, 0) is 20.3 Å². The van der Waals surface area contributed by atoms with E-state index in [1.54, 1.807) is 6.92 Å². The minimum absolute atomic E-state index is 0.123. The summed E-state index contributed by atoms with van der Waals surface area (Å²) in [5.74, 6) is -0.175. The number of hydrogen-bond donors (Lipinski definition) is 3. The van der Waals surface area contributed by atoms with E-state index in [2.05, 4.69) is 6.92 Å². The molecule has 0 aromatic carbocycles. The van der Waals surface area contributed by atoms with Crippen LogP contribution in [0.25, 0.3) is 0 Å². The molecule has 0 saturated carbocycles. The summed E-state index contributed by atoms with van der Waals surface area (Å²) in [6, 6.07) is 0. The summed E-state index contributed by atoms with van der Waals surface area (Å²) in [4.78, 5) is 11.3. The van der Waals surface area contributed by atoms with E-state index in [1.807, 2.05) is 0 Å². The number of hydrogen-bond acceptors (Lipinski definition) is 5. The van der Waals surface area contributed by atoms with E-state index in [0.29, 0.717) is 6.42 Å². The van der Waals surface area contributed by atoms with Gasteiger partial charge in [-0.25, -0.2) is 0 Å². The third kappa shape index (κ3) is 32.2. The minimum Gasteiger partial charge on any atom is -0.463 e. The maximum atomic E-state index is 11.3. The zero-order chi connectivity index (χ0) is 22.2. The van der Waals surface area contributed by atoms with Crippen molar-refractivity contribution in [3.05, 3.63) is 0 Å². The smallest absolute Gasteiger partial charge is 0.305 e. The number of unbranched alkanes of at least 4 members (excludes halogenated alkanes) is 14. The van der Waals surface area contributed by atoms with Crippen LogP contribution in [-0.2, 0) is 9.53 Å². The van der Waals surface area contributed by atoms with Gasteiger partial charge in [-0.3, -0.25) is 4.79 Å². The van der Waals surface area contributed by atoms with Gasteiger partial charge in [0.2, 0.25) is 0 Å². The Hall–Kier alpha value is -0.650. The summed E-state index contributed by atoms with van der Waals surface area (Å²) in [6.45, 7) is 5.41. The van der Waals surface area contributed by atoms with Crippen LogP contribution in [0, 0.1) is 0 Å². The Labute approximate surface area is 180 Å². The number of ether oxygens (including phenoxy) is 1.